The lowest BCUT2D eigenvalue weighted by Gasteiger charge is -2.27. The van der Waals surface area contributed by atoms with Crippen LogP contribution in [0.1, 0.15) is 49.4 Å². The molecule has 0 radical (unpaired) electrons. The molecule has 6 nitrogen and oxygen atoms in total. The molecule has 6 aromatic rings. The van der Waals surface area contributed by atoms with Crippen LogP contribution in [0.3, 0.4) is 0 Å². The van der Waals surface area contributed by atoms with E-state index in [2.05, 4.69) is 91.0 Å². The first-order chi connectivity index (χ1) is 25.9. The van der Waals surface area contributed by atoms with Gasteiger partial charge in [0.2, 0.25) is 0 Å². The lowest BCUT2D eigenvalue weighted by molar-refractivity contribution is 0.0747. The zero-order valence-electron chi connectivity index (χ0n) is 29.2. The van der Waals surface area contributed by atoms with Gasteiger partial charge in [0.05, 0.1) is 18.3 Å². The van der Waals surface area contributed by atoms with Gasteiger partial charge in [-0.2, -0.15) is 0 Å². The van der Waals surface area contributed by atoms with Crippen molar-refractivity contribution in [3.63, 3.8) is 0 Å². The second kappa shape index (κ2) is 14.7. The van der Waals surface area contributed by atoms with Gasteiger partial charge in [0.1, 0.15) is 40.5 Å². The van der Waals surface area contributed by atoms with Gasteiger partial charge in [-0.3, -0.25) is 9.59 Å². The Morgan fingerprint density at radius 1 is 0.623 bits per heavy atom. The summed E-state index contributed by atoms with van der Waals surface area (Å²) in [4.78, 5) is 30.4. The van der Waals surface area contributed by atoms with Crippen molar-refractivity contribution in [2.24, 2.45) is 0 Å². The molecular weight excluding hydrogens is 682 g/mol. The van der Waals surface area contributed by atoms with Crippen molar-refractivity contribution >= 4 is 35.0 Å². The summed E-state index contributed by atoms with van der Waals surface area (Å²) < 4.78 is 20.7. The number of hydrogen-bond donors (Lipinski definition) is 1. The number of carbonyl (C=O) groups excluding carboxylic acids is 2. The van der Waals surface area contributed by atoms with Crippen molar-refractivity contribution in [2.45, 2.75) is 32.6 Å². The number of nitrogens with zero attached hydrogens (tertiary/aromatic N) is 2. The lowest BCUT2D eigenvalue weighted by Crippen LogP contribution is -2.33. The number of phenolic OH excluding ortho intramolecular Hbond substituents is 1. The van der Waals surface area contributed by atoms with Gasteiger partial charge < -0.3 is 19.6 Å². The Kier molecular flexibility index (Phi) is 9.51. The summed E-state index contributed by atoms with van der Waals surface area (Å²) in [5.74, 6) is -0.465. The first-order valence-corrected chi connectivity index (χ1v) is 19.9. The molecule has 6 aromatic carbocycles. The fourth-order valence-electron chi connectivity index (χ4n) is 7.70. The number of amides is 2. The Bertz CT molecular complexity index is 2190. The summed E-state index contributed by atoms with van der Waals surface area (Å²) in [5.41, 5.74) is 3.61. The van der Waals surface area contributed by atoms with Crippen LogP contribution < -0.4 is 20.7 Å². The molecule has 53 heavy (non-hydrogen) atoms. The van der Waals surface area contributed by atoms with Crippen molar-refractivity contribution in [3.05, 3.63) is 185 Å². The van der Waals surface area contributed by atoms with Crippen molar-refractivity contribution < 1.29 is 23.8 Å². The smallest absolute Gasteiger partial charge is 0.258 e. The van der Waals surface area contributed by atoms with Crippen molar-refractivity contribution in [1.82, 2.24) is 9.80 Å². The number of ether oxygens (including phenoxy) is 1. The van der Waals surface area contributed by atoms with E-state index in [9.17, 15) is 19.1 Å². The van der Waals surface area contributed by atoms with Crippen LogP contribution in [-0.2, 0) is 26.2 Å². The van der Waals surface area contributed by atoms with Crippen molar-refractivity contribution in [2.75, 3.05) is 12.8 Å². The summed E-state index contributed by atoms with van der Waals surface area (Å²) in [6.45, 7) is 1.72. The van der Waals surface area contributed by atoms with Crippen LogP contribution in [0.4, 0.5) is 4.39 Å². The number of rotatable bonds is 10. The van der Waals surface area contributed by atoms with Gasteiger partial charge in [-0.1, -0.05) is 72.8 Å². The molecule has 0 bridgehead atoms. The second-order valence-electron chi connectivity index (χ2n) is 13.6. The van der Waals surface area contributed by atoms with E-state index in [1.807, 2.05) is 24.3 Å². The van der Waals surface area contributed by atoms with Crippen LogP contribution in [0.2, 0.25) is 0 Å². The van der Waals surface area contributed by atoms with Crippen LogP contribution >= 0.6 is 7.26 Å². The van der Waals surface area contributed by atoms with Crippen LogP contribution in [0, 0.1) is 5.82 Å². The van der Waals surface area contributed by atoms with E-state index >= 15 is 0 Å². The average Bonchev–Trinajstić information content (AvgIpc) is 3.84. The highest BCUT2D eigenvalue weighted by atomic mass is 31.2. The summed E-state index contributed by atoms with van der Waals surface area (Å²) in [6.07, 6.45) is 1.80. The van der Waals surface area contributed by atoms with Crippen LogP contribution in [-0.4, -0.2) is 39.5 Å². The minimum absolute atomic E-state index is 0.0603. The third-order valence-corrected chi connectivity index (χ3v) is 14.9. The molecule has 0 unspecified atom stereocenters. The molecule has 0 aromatic heterocycles. The number of aromatic hydroxyl groups is 1. The number of fused-ring (bicyclic) bond motifs is 2. The van der Waals surface area contributed by atoms with E-state index in [0.717, 1.165) is 35.0 Å². The number of benzene rings is 6. The first-order valence-electron chi connectivity index (χ1n) is 17.9. The standard InChI is InChI=1S/C45H38FN2O4P/c46-42-19-10-12-34-29-48(31-41(34)42)44(50)32-21-23-43(49)40(27-32)45(51)47-28-33-20-22-36(26-35(33)30-47)52-24-11-25-53(37-13-4-1-5-14-37,38-15-6-2-7-16-38)39-17-8-3-9-18-39/h1-10,12-23,26-27H,11,24-25,28-31H2/p+1. The quantitative estimate of drug-likeness (QED) is 0.117. The van der Waals surface area contributed by atoms with E-state index in [0.29, 0.717) is 25.3 Å². The topological polar surface area (TPSA) is 70.1 Å². The van der Waals surface area contributed by atoms with Gasteiger partial charge in [-0.15, -0.1) is 0 Å². The molecule has 8 rings (SSSR count). The third-order valence-electron chi connectivity index (χ3n) is 10.4. The number of halogens is 1. The monoisotopic (exact) mass is 721 g/mol. The predicted molar refractivity (Wildman–Crippen MR) is 208 cm³/mol. The summed E-state index contributed by atoms with van der Waals surface area (Å²) >= 11 is 0. The van der Waals surface area contributed by atoms with Gasteiger partial charge in [-0.05, 0) is 89.5 Å². The molecule has 0 fully saturated rings. The lowest BCUT2D eigenvalue weighted by atomic mass is 10.1. The molecule has 0 atom stereocenters. The summed E-state index contributed by atoms with van der Waals surface area (Å²) in [6, 6.07) is 47.6. The molecule has 264 valence electrons. The first kappa shape index (κ1) is 34.3. The molecule has 2 aliphatic rings. The zero-order chi connectivity index (χ0) is 36.4. The van der Waals surface area contributed by atoms with Crippen molar-refractivity contribution in [3.8, 4) is 11.5 Å². The highest BCUT2D eigenvalue weighted by molar-refractivity contribution is 7.95. The van der Waals surface area contributed by atoms with E-state index < -0.39 is 7.26 Å². The van der Waals surface area contributed by atoms with Crippen LogP contribution in [0.25, 0.3) is 0 Å². The fourth-order valence-corrected chi connectivity index (χ4v) is 12.0. The maximum Gasteiger partial charge on any atom is 0.258 e. The maximum atomic E-state index is 14.3. The Hall–Kier alpha value is -5.78. The maximum absolute atomic E-state index is 14.3. The largest absolute Gasteiger partial charge is 0.507 e. The van der Waals surface area contributed by atoms with Gasteiger partial charge in [0, 0.05) is 43.7 Å². The van der Waals surface area contributed by atoms with Gasteiger partial charge in [0.25, 0.3) is 11.8 Å². The second-order valence-corrected chi connectivity index (χ2v) is 17.2. The molecule has 8 heteroatoms. The SMILES string of the molecule is O=C(c1ccc(O)c(C(=O)N2Cc3ccc(OCCC[P+](c4ccccc4)(c4ccccc4)c4ccccc4)cc3C2)c1)N1Cc2cccc(F)c2C1. The van der Waals surface area contributed by atoms with Gasteiger partial charge in [0.15, 0.2) is 0 Å². The molecule has 0 aliphatic carbocycles. The van der Waals surface area contributed by atoms with Crippen molar-refractivity contribution in [1.29, 1.82) is 0 Å². The van der Waals surface area contributed by atoms with Gasteiger partial charge >= 0.3 is 0 Å². The minimum Gasteiger partial charge on any atom is -0.507 e. The Balaban J connectivity index is 0.942. The molecule has 0 saturated carbocycles. The molecule has 2 amide bonds. The van der Waals surface area contributed by atoms with E-state index in [1.54, 1.807) is 15.9 Å². The predicted octanol–water partition coefficient (Wildman–Crippen LogP) is 7.61. The summed E-state index contributed by atoms with van der Waals surface area (Å²) in [7, 11) is -1.96. The van der Waals surface area contributed by atoms with E-state index in [4.69, 9.17) is 4.74 Å². The molecule has 2 heterocycles. The average molecular weight is 722 g/mol. The molecule has 0 saturated heterocycles. The number of hydrogen-bond acceptors (Lipinski definition) is 4. The molecule has 0 spiro atoms. The van der Waals surface area contributed by atoms with Crippen LogP contribution in [0.15, 0.2) is 146 Å². The minimum atomic E-state index is -1.96. The Labute approximate surface area is 309 Å². The molecule has 1 N–H and O–H groups in total. The molecular formula is C45H39FN2O4P+. The normalized spacial score (nSPS) is 13.5. The summed E-state index contributed by atoms with van der Waals surface area (Å²) in [5, 5.41) is 14.7. The number of carbonyl (C=O) groups is 2. The highest BCUT2D eigenvalue weighted by Crippen LogP contribution is 2.55. The zero-order valence-corrected chi connectivity index (χ0v) is 30.1. The van der Waals surface area contributed by atoms with Gasteiger partial charge in [-0.25, -0.2) is 4.39 Å². The highest BCUT2D eigenvalue weighted by Gasteiger charge is 2.44. The number of phenols is 1. The Morgan fingerprint density at radius 3 is 1.87 bits per heavy atom. The van der Waals surface area contributed by atoms with Crippen LogP contribution in [0.5, 0.6) is 11.5 Å². The molecule has 2 aliphatic heterocycles. The third kappa shape index (κ3) is 6.69. The Morgan fingerprint density at radius 2 is 1.23 bits per heavy atom. The van der Waals surface area contributed by atoms with E-state index in [1.165, 1.54) is 40.2 Å². The van der Waals surface area contributed by atoms with E-state index in [-0.39, 0.29) is 47.6 Å². The fraction of sp³-hybridized carbons (Fsp3) is 0.156.